The predicted octanol–water partition coefficient (Wildman–Crippen LogP) is 3.22. The fourth-order valence-electron chi connectivity index (χ4n) is 3.54. The van der Waals surface area contributed by atoms with E-state index in [9.17, 15) is 14.0 Å². The predicted molar refractivity (Wildman–Crippen MR) is 108 cm³/mol. The van der Waals surface area contributed by atoms with Crippen molar-refractivity contribution in [2.24, 2.45) is 5.92 Å². The zero-order chi connectivity index (χ0) is 21.0. The lowest BCUT2D eigenvalue weighted by Gasteiger charge is -2.33. The summed E-state index contributed by atoms with van der Waals surface area (Å²) < 4.78 is 13.0. The molecule has 0 bridgehead atoms. The minimum atomic E-state index is -0.309. The molecule has 1 aromatic carbocycles. The highest BCUT2D eigenvalue weighted by Gasteiger charge is 2.28. The molecule has 7 heteroatoms. The van der Waals surface area contributed by atoms with Crippen molar-refractivity contribution < 1.29 is 14.0 Å². The molecule has 1 aliphatic rings. The molecule has 1 saturated heterocycles. The van der Waals surface area contributed by atoms with E-state index in [1.165, 1.54) is 12.1 Å². The minimum Gasteiger partial charge on any atom is -0.348 e. The van der Waals surface area contributed by atoms with Crippen molar-refractivity contribution in [2.45, 2.75) is 46.1 Å². The van der Waals surface area contributed by atoms with Crippen LogP contribution < -0.4 is 5.32 Å². The Balaban J connectivity index is 1.65. The third kappa shape index (κ3) is 5.16. The first-order chi connectivity index (χ1) is 13.8. The van der Waals surface area contributed by atoms with E-state index >= 15 is 0 Å². The van der Waals surface area contributed by atoms with Crippen LogP contribution in [0.4, 0.5) is 4.39 Å². The molecule has 0 radical (unpaired) electrons. The van der Waals surface area contributed by atoms with E-state index in [1.807, 2.05) is 18.7 Å². The second kappa shape index (κ2) is 9.11. The summed E-state index contributed by atoms with van der Waals surface area (Å²) in [5.74, 6) is 0.321. The summed E-state index contributed by atoms with van der Waals surface area (Å²) in [4.78, 5) is 35.7. The maximum Gasteiger partial charge on any atom is 0.254 e. The van der Waals surface area contributed by atoms with Gasteiger partial charge in [0.1, 0.15) is 11.6 Å². The van der Waals surface area contributed by atoms with Gasteiger partial charge in [-0.1, -0.05) is 26.0 Å². The van der Waals surface area contributed by atoms with Crippen LogP contribution in [0.2, 0.25) is 0 Å². The van der Waals surface area contributed by atoms with Crippen LogP contribution in [0.3, 0.4) is 0 Å². The lowest BCUT2D eigenvalue weighted by atomic mass is 9.96. The van der Waals surface area contributed by atoms with Crippen LogP contribution in [0.5, 0.6) is 0 Å². The number of nitrogens with one attached hydrogen (secondary N) is 1. The van der Waals surface area contributed by atoms with Gasteiger partial charge in [-0.2, -0.15) is 0 Å². The Labute approximate surface area is 170 Å². The summed E-state index contributed by atoms with van der Waals surface area (Å²) in [6, 6.07) is 6.00. The molecule has 2 aromatic rings. The van der Waals surface area contributed by atoms with Crippen LogP contribution in [0.15, 0.2) is 30.5 Å². The molecule has 29 heavy (non-hydrogen) atoms. The fraction of sp³-hybridized carbons (Fsp3) is 0.455. The van der Waals surface area contributed by atoms with E-state index in [1.54, 1.807) is 25.3 Å². The van der Waals surface area contributed by atoms with Crippen LogP contribution in [0.25, 0.3) is 0 Å². The van der Waals surface area contributed by atoms with Crippen LogP contribution >= 0.6 is 0 Å². The van der Waals surface area contributed by atoms with E-state index in [2.05, 4.69) is 15.3 Å². The van der Waals surface area contributed by atoms with Gasteiger partial charge in [-0.3, -0.25) is 9.59 Å². The van der Waals surface area contributed by atoms with Gasteiger partial charge < -0.3 is 10.2 Å². The van der Waals surface area contributed by atoms with Crippen molar-refractivity contribution >= 4 is 11.8 Å². The first-order valence-corrected chi connectivity index (χ1v) is 10.00. The van der Waals surface area contributed by atoms with Gasteiger partial charge in [0.2, 0.25) is 5.91 Å². The molecule has 0 saturated carbocycles. The Morgan fingerprint density at radius 1 is 1.28 bits per heavy atom. The number of aromatic nitrogens is 2. The summed E-state index contributed by atoms with van der Waals surface area (Å²) in [6.45, 7) is 7.30. The van der Waals surface area contributed by atoms with Crippen molar-refractivity contribution in [3.8, 4) is 0 Å². The largest absolute Gasteiger partial charge is 0.348 e. The topological polar surface area (TPSA) is 75.2 Å². The maximum atomic E-state index is 13.0. The van der Waals surface area contributed by atoms with Gasteiger partial charge in [-0.15, -0.1) is 0 Å². The Morgan fingerprint density at radius 2 is 2.00 bits per heavy atom. The Hall–Kier alpha value is -2.83. The Morgan fingerprint density at radius 3 is 2.66 bits per heavy atom. The average molecular weight is 398 g/mol. The van der Waals surface area contributed by atoms with Crippen LogP contribution in [0.1, 0.15) is 60.0 Å². The second-order valence-corrected chi connectivity index (χ2v) is 7.81. The van der Waals surface area contributed by atoms with Gasteiger partial charge in [0.15, 0.2) is 0 Å². The quantitative estimate of drug-likeness (QED) is 0.839. The second-order valence-electron chi connectivity index (χ2n) is 7.81. The van der Waals surface area contributed by atoms with Crippen LogP contribution in [-0.4, -0.2) is 39.8 Å². The first-order valence-electron chi connectivity index (χ1n) is 10.00. The summed E-state index contributed by atoms with van der Waals surface area (Å²) in [5, 5.41) is 2.81. The smallest absolute Gasteiger partial charge is 0.254 e. The SMILES string of the molecule is Cc1nc(C2CCCN(C(=O)C(C)C)C2)ncc1C(=O)NCc1ccc(F)cc1. The molecule has 1 aromatic heterocycles. The van der Waals surface area contributed by atoms with Gasteiger partial charge in [0.05, 0.1) is 11.3 Å². The first kappa shape index (κ1) is 20.9. The highest BCUT2D eigenvalue weighted by molar-refractivity contribution is 5.94. The van der Waals surface area contributed by atoms with Gasteiger partial charge in [-0.05, 0) is 37.5 Å². The molecule has 1 fully saturated rings. The van der Waals surface area contributed by atoms with Gasteiger partial charge in [0, 0.05) is 37.7 Å². The van der Waals surface area contributed by atoms with E-state index in [4.69, 9.17) is 0 Å². The Kier molecular flexibility index (Phi) is 6.56. The zero-order valence-corrected chi connectivity index (χ0v) is 17.1. The molecule has 1 atom stereocenters. The van der Waals surface area contributed by atoms with Gasteiger partial charge >= 0.3 is 0 Å². The summed E-state index contributed by atoms with van der Waals surface area (Å²) in [5.41, 5.74) is 1.84. The number of amides is 2. The highest BCUT2D eigenvalue weighted by Crippen LogP contribution is 2.26. The molecule has 0 spiro atoms. The molecule has 1 aliphatic heterocycles. The molecule has 1 N–H and O–H groups in total. The number of hydrogen-bond donors (Lipinski definition) is 1. The summed E-state index contributed by atoms with van der Waals surface area (Å²) >= 11 is 0. The number of nitrogens with zero attached hydrogens (tertiary/aromatic N) is 3. The maximum absolute atomic E-state index is 13.0. The van der Waals surface area contributed by atoms with E-state index in [-0.39, 0.29) is 29.5 Å². The number of aryl methyl sites for hydroxylation is 1. The third-order valence-corrected chi connectivity index (χ3v) is 5.20. The number of likely N-dealkylation sites (tertiary alicyclic amines) is 1. The minimum absolute atomic E-state index is 0.0245. The number of carbonyl (C=O) groups excluding carboxylic acids is 2. The summed E-state index contributed by atoms with van der Waals surface area (Å²) in [6.07, 6.45) is 3.41. The summed E-state index contributed by atoms with van der Waals surface area (Å²) in [7, 11) is 0. The van der Waals surface area contributed by atoms with Crippen molar-refractivity contribution in [2.75, 3.05) is 13.1 Å². The van der Waals surface area contributed by atoms with Crippen molar-refractivity contribution in [3.05, 3.63) is 58.9 Å². The molecule has 1 unspecified atom stereocenters. The van der Waals surface area contributed by atoms with Crippen molar-refractivity contribution in [1.29, 1.82) is 0 Å². The number of carbonyl (C=O) groups is 2. The third-order valence-electron chi connectivity index (χ3n) is 5.20. The number of hydrogen-bond acceptors (Lipinski definition) is 4. The normalized spacial score (nSPS) is 16.7. The van der Waals surface area contributed by atoms with Crippen molar-refractivity contribution in [1.82, 2.24) is 20.2 Å². The average Bonchev–Trinajstić information content (AvgIpc) is 2.72. The highest BCUT2D eigenvalue weighted by atomic mass is 19.1. The van der Waals surface area contributed by atoms with Gasteiger partial charge in [0.25, 0.3) is 5.91 Å². The van der Waals surface area contributed by atoms with Gasteiger partial charge in [-0.25, -0.2) is 14.4 Å². The molecule has 154 valence electrons. The van der Waals surface area contributed by atoms with E-state index < -0.39 is 0 Å². The molecule has 2 amide bonds. The number of benzene rings is 1. The number of piperidine rings is 1. The lowest BCUT2D eigenvalue weighted by molar-refractivity contribution is -0.135. The van der Waals surface area contributed by atoms with Crippen LogP contribution in [-0.2, 0) is 11.3 Å². The lowest BCUT2D eigenvalue weighted by Crippen LogP contribution is -2.41. The van der Waals surface area contributed by atoms with Crippen LogP contribution in [0, 0.1) is 18.7 Å². The van der Waals surface area contributed by atoms with Crippen molar-refractivity contribution in [3.63, 3.8) is 0 Å². The Bertz CT molecular complexity index is 883. The molecular weight excluding hydrogens is 371 g/mol. The monoisotopic (exact) mass is 398 g/mol. The molecular formula is C22H27FN4O2. The fourth-order valence-corrected chi connectivity index (χ4v) is 3.54. The molecule has 6 nitrogen and oxygen atoms in total. The molecule has 0 aliphatic carbocycles. The number of halogens is 1. The molecule has 3 rings (SSSR count). The number of rotatable bonds is 5. The standard InChI is InChI=1S/C22H27FN4O2/c1-14(2)22(29)27-10-4-5-17(13-27)20-24-12-19(15(3)26-20)21(28)25-11-16-6-8-18(23)9-7-16/h6-9,12,14,17H,4-5,10-11,13H2,1-3H3,(H,25,28). The van der Waals surface area contributed by atoms with E-state index in [0.29, 0.717) is 30.2 Å². The zero-order valence-electron chi connectivity index (χ0n) is 17.1. The molecule has 2 heterocycles. The van der Waals surface area contributed by atoms with E-state index in [0.717, 1.165) is 24.9 Å².